The predicted molar refractivity (Wildman–Crippen MR) is 78.4 cm³/mol. The Morgan fingerprint density at radius 1 is 1.25 bits per heavy atom. The quantitative estimate of drug-likeness (QED) is 0.821. The highest BCUT2D eigenvalue weighted by atomic mass is 35.5. The summed E-state index contributed by atoms with van der Waals surface area (Å²) in [6.07, 6.45) is 0.464. The second kappa shape index (κ2) is 7.90. The number of amides is 1. The van der Waals surface area contributed by atoms with Gasteiger partial charge in [0.15, 0.2) is 0 Å². The number of methoxy groups -OCH3 is 1. The minimum Gasteiger partial charge on any atom is -0.469 e. The van der Waals surface area contributed by atoms with Crippen LogP contribution in [0.25, 0.3) is 0 Å². The van der Waals surface area contributed by atoms with Crippen molar-refractivity contribution in [1.82, 2.24) is 5.32 Å². The fraction of sp³-hybridized carbons (Fsp3) is 0.467. The molecule has 0 saturated carbocycles. The van der Waals surface area contributed by atoms with Crippen molar-refractivity contribution in [3.05, 3.63) is 34.9 Å². The van der Waals surface area contributed by atoms with Crippen molar-refractivity contribution in [3.8, 4) is 0 Å². The molecule has 0 spiro atoms. The van der Waals surface area contributed by atoms with Crippen LogP contribution in [-0.2, 0) is 14.3 Å². The van der Waals surface area contributed by atoms with Crippen LogP contribution >= 0.6 is 11.6 Å². The summed E-state index contributed by atoms with van der Waals surface area (Å²) >= 11 is 6.13. The molecule has 1 amide bonds. The molecule has 0 unspecified atom stereocenters. The van der Waals surface area contributed by atoms with Crippen LogP contribution in [0.1, 0.15) is 38.3 Å². The largest absolute Gasteiger partial charge is 0.469 e. The van der Waals surface area contributed by atoms with E-state index in [0.717, 1.165) is 5.56 Å². The molecule has 0 bridgehead atoms. The van der Waals surface area contributed by atoms with Crippen LogP contribution in [0.15, 0.2) is 24.3 Å². The van der Waals surface area contributed by atoms with E-state index in [1.807, 2.05) is 19.9 Å². The Morgan fingerprint density at radius 3 is 2.45 bits per heavy atom. The molecule has 1 N–H and O–H groups in total. The van der Waals surface area contributed by atoms with Crippen molar-refractivity contribution in [3.63, 3.8) is 0 Å². The van der Waals surface area contributed by atoms with E-state index in [2.05, 4.69) is 10.1 Å². The summed E-state index contributed by atoms with van der Waals surface area (Å²) in [7, 11) is 1.32. The molecule has 1 aromatic rings. The summed E-state index contributed by atoms with van der Waals surface area (Å²) < 4.78 is 4.67. The van der Waals surface area contributed by atoms with E-state index in [1.165, 1.54) is 7.11 Å². The first kappa shape index (κ1) is 16.5. The number of carbonyl (C=O) groups excluding carboxylic acids is 2. The lowest BCUT2D eigenvalue weighted by molar-refractivity contribution is -0.141. The Morgan fingerprint density at radius 2 is 1.90 bits per heavy atom. The topological polar surface area (TPSA) is 55.4 Å². The standard InChI is InChI=1S/C15H20ClNO3/c1-10(2)8-14(18)17-13(9-15(19)20-3)11-6-4-5-7-12(11)16/h4-7,10,13H,8-9H2,1-3H3,(H,17,18)/t13-/m1/s1. The number of benzene rings is 1. The van der Waals surface area contributed by atoms with Crippen molar-refractivity contribution < 1.29 is 14.3 Å². The molecule has 0 heterocycles. The van der Waals surface area contributed by atoms with E-state index in [1.54, 1.807) is 18.2 Å². The fourth-order valence-electron chi connectivity index (χ4n) is 1.87. The minimum atomic E-state index is -0.470. The van der Waals surface area contributed by atoms with Gasteiger partial charge in [-0.25, -0.2) is 0 Å². The summed E-state index contributed by atoms with van der Waals surface area (Å²) in [4.78, 5) is 23.4. The molecule has 1 atom stereocenters. The number of rotatable bonds is 6. The summed E-state index contributed by atoms with van der Waals surface area (Å²) in [6.45, 7) is 3.93. The third kappa shape index (κ3) is 5.21. The lowest BCUT2D eigenvalue weighted by atomic mass is 10.0. The average Bonchev–Trinajstić information content (AvgIpc) is 2.37. The van der Waals surface area contributed by atoms with Gasteiger partial charge < -0.3 is 10.1 Å². The third-order valence-corrected chi connectivity index (χ3v) is 3.15. The number of ether oxygens (including phenoxy) is 1. The van der Waals surface area contributed by atoms with Gasteiger partial charge in [-0.05, 0) is 17.5 Å². The molecular formula is C15H20ClNO3. The van der Waals surface area contributed by atoms with Gasteiger partial charge in [0.25, 0.3) is 0 Å². The summed E-state index contributed by atoms with van der Waals surface area (Å²) in [5.41, 5.74) is 0.719. The number of halogens is 1. The number of hydrogen-bond donors (Lipinski definition) is 1. The second-order valence-electron chi connectivity index (χ2n) is 5.02. The van der Waals surface area contributed by atoms with Gasteiger partial charge in [0.05, 0.1) is 19.6 Å². The van der Waals surface area contributed by atoms with Crippen molar-refractivity contribution in [2.75, 3.05) is 7.11 Å². The van der Waals surface area contributed by atoms with Gasteiger partial charge in [-0.15, -0.1) is 0 Å². The molecule has 110 valence electrons. The SMILES string of the molecule is COC(=O)C[C@@H](NC(=O)CC(C)C)c1ccccc1Cl. The lowest BCUT2D eigenvalue weighted by Crippen LogP contribution is -2.31. The van der Waals surface area contributed by atoms with Crippen molar-refractivity contribution in [2.24, 2.45) is 5.92 Å². The maximum atomic E-state index is 11.9. The van der Waals surface area contributed by atoms with E-state index >= 15 is 0 Å². The zero-order valence-electron chi connectivity index (χ0n) is 12.0. The lowest BCUT2D eigenvalue weighted by Gasteiger charge is -2.20. The molecule has 4 nitrogen and oxygen atoms in total. The first-order chi connectivity index (χ1) is 9.43. The highest BCUT2D eigenvalue weighted by Gasteiger charge is 2.21. The second-order valence-corrected chi connectivity index (χ2v) is 5.43. The van der Waals surface area contributed by atoms with Crippen LogP contribution in [-0.4, -0.2) is 19.0 Å². The van der Waals surface area contributed by atoms with E-state index in [9.17, 15) is 9.59 Å². The van der Waals surface area contributed by atoms with Gasteiger partial charge in [-0.3, -0.25) is 9.59 Å². The van der Waals surface area contributed by atoms with Gasteiger partial charge in [0, 0.05) is 11.4 Å². The predicted octanol–water partition coefficient (Wildman–Crippen LogP) is 3.11. The van der Waals surface area contributed by atoms with Crippen LogP contribution in [0.4, 0.5) is 0 Å². The highest BCUT2D eigenvalue weighted by Crippen LogP contribution is 2.25. The molecule has 0 aliphatic heterocycles. The van der Waals surface area contributed by atoms with Gasteiger partial charge in [0.1, 0.15) is 0 Å². The molecular weight excluding hydrogens is 278 g/mol. The zero-order chi connectivity index (χ0) is 15.1. The monoisotopic (exact) mass is 297 g/mol. The molecule has 0 fully saturated rings. The molecule has 1 aromatic carbocycles. The molecule has 0 radical (unpaired) electrons. The Kier molecular flexibility index (Phi) is 6.52. The van der Waals surface area contributed by atoms with Crippen LogP contribution in [0.2, 0.25) is 5.02 Å². The molecule has 0 saturated heterocycles. The maximum absolute atomic E-state index is 11.9. The first-order valence-corrected chi connectivity index (χ1v) is 6.92. The Labute approximate surface area is 124 Å². The summed E-state index contributed by atoms with van der Waals surface area (Å²) in [6, 6.07) is 6.68. The number of esters is 1. The molecule has 20 heavy (non-hydrogen) atoms. The van der Waals surface area contributed by atoms with Gasteiger partial charge in [-0.1, -0.05) is 43.6 Å². The summed E-state index contributed by atoms with van der Waals surface area (Å²) in [5, 5.41) is 3.37. The van der Waals surface area contributed by atoms with Crippen LogP contribution in [0.3, 0.4) is 0 Å². The van der Waals surface area contributed by atoms with Crippen molar-refractivity contribution >= 4 is 23.5 Å². The van der Waals surface area contributed by atoms with E-state index in [-0.39, 0.29) is 24.2 Å². The normalized spacial score (nSPS) is 12.1. The minimum absolute atomic E-state index is 0.0596. The molecule has 0 aliphatic carbocycles. The van der Waals surface area contributed by atoms with Crippen molar-refractivity contribution in [1.29, 1.82) is 0 Å². The highest BCUT2D eigenvalue weighted by molar-refractivity contribution is 6.31. The molecule has 0 aromatic heterocycles. The van der Waals surface area contributed by atoms with Crippen LogP contribution in [0, 0.1) is 5.92 Å². The molecule has 1 rings (SSSR count). The number of nitrogens with one attached hydrogen (secondary N) is 1. The van der Waals surface area contributed by atoms with Gasteiger partial charge in [0.2, 0.25) is 5.91 Å². The van der Waals surface area contributed by atoms with Crippen LogP contribution < -0.4 is 5.32 Å². The number of carbonyl (C=O) groups is 2. The average molecular weight is 298 g/mol. The van der Waals surface area contributed by atoms with Gasteiger partial charge >= 0.3 is 5.97 Å². The molecule has 0 aliphatic rings. The first-order valence-electron chi connectivity index (χ1n) is 6.54. The van der Waals surface area contributed by atoms with E-state index < -0.39 is 6.04 Å². The number of hydrogen-bond acceptors (Lipinski definition) is 3. The van der Waals surface area contributed by atoms with Gasteiger partial charge in [-0.2, -0.15) is 0 Å². The summed E-state index contributed by atoms with van der Waals surface area (Å²) in [5.74, 6) is -0.242. The smallest absolute Gasteiger partial charge is 0.307 e. The zero-order valence-corrected chi connectivity index (χ0v) is 12.7. The third-order valence-electron chi connectivity index (χ3n) is 2.81. The maximum Gasteiger partial charge on any atom is 0.307 e. The van der Waals surface area contributed by atoms with Crippen molar-refractivity contribution in [2.45, 2.75) is 32.7 Å². The van der Waals surface area contributed by atoms with E-state index in [4.69, 9.17) is 11.6 Å². The Balaban J connectivity index is 2.88. The Hall–Kier alpha value is -1.55. The molecule has 5 heteroatoms. The fourth-order valence-corrected chi connectivity index (χ4v) is 2.14. The van der Waals surface area contributed by atoms with E-state index in [0.29, 0.717) is 11.4 Å². The Bertz CT molecular complexity index is 474. The van der Waals surface area contributed by atoms with Crippen LogP contribution in [0.5, 0.6) is 0 Å².